The van der Waals surface area contributed by atoms with Gasteiger partial charge in [-0.1, -0.05) is 30.3 Å². The van der Waals surface area contributed by atoms with Gasteiger partial charge in [-0.25, -0.2) is 8.42 Å². The minimum absolute atomic E-state index is 0.00656. The predicted octanol–water partition coefficient (Wildman–Crippen LogP) is 3.64. The number of phenolic OH excluding ortho intramolecular Hbond substituents is 1. The molecule has 3 aromatic rings. The number of sulfonamides is 1. The smallest absolute Gasteiger partial charge is 0.255 e. The summed E-state index contributed by atoms with van der Waals surface area (Å²) in [6, 6.07) is 15.9. The number of hydrogen-bond acceptors (Lipinski definition) is 5. The van der Waals surface area contributed by atoms with E-state index in [0.717, 1.165) is 24.0 Å². The standard InChI is InChI=1S/C24H20N2O5S/c27-22-10-8-16(32(30,31)26-11-3-4-12-26)14-21(22)25-24(29)15-7-9-18-17-5-1-2-6-19(17)23(28)20(18)13-15/h1-2,5-10,13-14,27H,3-4,11-12H2,(H,25,29). The number of nitrogens with one attached hydrogen (secondary N) is 1. The van der Waals surface area contributed by atoms with E-state index in [9.17, 15) is 23.1 Å². The topological polar surface area (TPSA) is 104 Å². The van der Waals surface area contributed by atoms with Gasteiger partial charge in [0.05, 0.1) is 10.6 Å². The summed E-state index contributed by atoms with van der Waals surface area (Å²) >= 11 is 0. The molecule has 8 heteroatoms. The molecule has 7 nitrogen and oxygen atoms in total. The quantitative estimate of drug-likeness (QED) is 0.464. The summed E-state index contributed by atoms with van der Waals surface area (Å²) in [7, 11) is -3.70. The number of aromatic hydroxyl groups is 1. The number of hydrogen-bond donors (Lipinski definition) is 2. The van der Waals surface area contributed by atoms with Gasteiger partial charge >= 0.3 is 0 Å². The van der Waals surface area contributed by atoms with Crippen molar-refractivity contribution >= 4 is 27.4 Å². The summed E-state index contributed by atoms with van der Waals surface area (Å²) in [5.74, 6) is -0.947. The predicted molar refractivity (Wildman–Crippen MR) is 119 cm³/mol. The first-order chi connectivity index (χ1) is 15.4. The third-order valence-electron chi connectivity index (χ3n) is 5.91. The van der Waals surface area contributed by atoms with Crippen LogP contribution in [0.15, 0.2) is 65.6 Å². The number of rotatable bonds is 4. The first kappa shape index (κ1) is 20.4. The van der Waals surface area contributed by atoms with E-state index in [1.165, 1.54) is 28.6 Å². The molecular formula is C24H20N2O5S. The normalized spacial score (nSPS) is 15.4. The molecule has 32 heavy (non-hydrogen) atoms. The van der Waals surface area contributed by atoms with Crippen LogP contribution in [0.5, 0.6) is 5.75 Å². The molecule has 1 aliphatic heterocycles. The second kappa shape index (κ2) is 7.58. The van der Waals surface area contributed by atoms with Crippen LogP contribution in [0.3, 0.4) is 0 Å². The molecule has 1 saturated heterocycles. The van der Waals surface area contributed by atoms with Crippen molar-refractivity contribution in [1.29, 1.82) is 0 Å². The van der Waals surface area contributed by atoms with Crippen LogP contribution in [0.4, 0.5) is 5.69 Å². The first-order valence-electron chi connectivity index (χ1n) is 10.3. The van der Waals surface area contributed by atoms with Crippen LogP contribution >= 0.6 is 0 Å². The number of carbonyl (C=O) groups excluding carboxylic acids is 2. The Kier molecular flexibility index (Phi) is 4.83. The lowest BCUT2D eigenvalue weighted by atomic mass is 10.0. The third-order valence-corrected chi connectivity index (χ3v) is 7.80. The second-order valence-corrected chi connectivity index (χ2v) is 9.82. The van der Waals surface area contributed by atoms with E-state index < -0.39 is 15.9 Å². The lowest BCUT2D eigenvalue weighted by molar-refractivity contribution is 0.102. The summed E-state index contributed by atoms with van der Waals surface area (Å²) in [4.78, 5) is 25.6. The minimum atomic E-state index is -3.70. The van der Waals surface area contributed by atoms with Crippen molar-refractivity contribution in [2.45, 2.75) is 17.7 Å². The van der Waals surface area contributed by atoms with E-state index in [4.69, 9.17) is 0 Å². The molecule has 0 radical (unpaired) electrons. The van der Waals surface area contributed by atoms with Gasteiger partial charge < -0.3 is 10.4 Å². The number of nitrogens with zero attached hydrogens (tertiary/aromatic N) is 1. The lowest BCUT2D eigenvalue weighted by Crippen LogP contribution is -2.28. The monoisotopic (exact) mass is 448 g/mol. The largest absolute Gasteiger partial charge is 0.506 e. The zero-order valence-electron chi connectivity index (χ0n) is 17.0. The Balaban J connectivity index is 1.43. The number of anilines is 1. The molecule has 1 fully saturated rings. The highest BCUT2D eigenvalue weighted by Gasteiger charge is 2.29. The zero-order chi connectivity index (χ0) is 22.5. The second-order valence-electron chi connectivity index (χ2n) is 7.88. The molecule has 0 atom stereocenters. The molecule has 0 spiro atoms. The van der Waals surface area contributed by atoms with Crippen molar-refractivity contribution in [2.24, 2.45) is 0 Å². The van der Waals surface area contributed by atoms with E-state index in [1.54, 1.807) is 24.3 Å². The molecule has 1 heterocycles. The average molecular weight is 449 g/mol. The number of carbonyl (C=O) groups is 2. The average Bonchev–Trinajstić information content (AvgIpc) is 3.43. The fourth-order valence-electron chi connectivity index (χ4n) is 4.22. The maximum absolute atomic E-state index is 12.9. The molecule has 162 valence electrons. The van der Waals surface area contributed by atoms with E-state index in [1.807, 2.05) is 12.1 Å². The van der Waals surface area contributed by atoms with Crippen molar-refractivity contribution in [3.05, 3.63) is 77.4 Å². The van der Waals surface area contributed by atoms with Crippen molar-refractivity contribution in [3.63, 3.8) is 0 Å². The Morgan fingerprint density at radius 1 is 0.875 bits per heavy atom. The Morgan fingerprint density at radius 2 is 1.56 bits per heavy atom. The van der Waals surface area contributed by atoms with Crippen LogP contribution in [0.1, 0.15) is 39.1 Å². The number of benzene rings is 3. The molecule has 0 bridgehead atoms. The highest BCUT2D eigenvalue weighted by atomic mass is 32.2. The molecule has 0 unspecified atom stereocenters. The molecule has 0 saturated carbocycles. The Bertz CT molecular complexity index is 1370. The number of fused-ring (bicyclic) bond motifs is 3. The van der Waals surface area contributed by atoms with Crippen LogP contribution in [-0.4, -0.2) is 42.6 Å². The van der Waals surface area contributed by atoms with E-state index >= 15 is 0 Å². The summed E-state index contributed by atoms with van der Waals surface area (Å²) in [6.07, 6.45) is 1.61. The summed E-state index contributed by atoms with van der Waals surface area (Å²) in [5, 5.41) is 12.8. The van der Waals surface area contributed by atoms with Gasteiger partial charge in [0, 0.05) is 29.8 Å². The van der Waals surface area contributed by atoms with Gasteiger partial charge in [-0.15, -0.1) is 0 Å². The molecule has 0 aromatic heterocycles. The molecule has 5 rings (SSSR count). The molecule has 3 aromatic carbocycles. The van der Waals surface area contributed by atoms with Gasteiger partial charge in [0.25, 0.3) is 5.91 Å². The fraction of sp³-hybridized carbons (Fsp3) is 0.167. The summed E-state index contributed by atoms with van der Waals surface area (Å²) in [6.45, 7) is 0.910. The number of ketones is 1. The Morgan fingerprint density at radius 3 is 2.31 bits per heavy atom. The van der Waals surface area contributed by atoms with Crippen molar-refractivity contribution < 1.29 is 23.1 Å². The van der Waals surface area contributed by atoms with E-state index in [-0.39, 0.29) is 27.7 Å². The van der Waals surface area contributed by atoms with E-state index in [2.05, 4.69) is 5.32 Å². The van der Waals surface area contributed by atoms with Crippen molar-refractivity contribution in [3.8, 4) is 16.9 Å². The van der Waals surface area contributed by atoms with Crippen molar-refractivity contribution in [1.82, 2.24) is 4.31 Å². The van der Waals surface area contributed by atoms with Crippen LogP contribution in [-0.2, 0) is 10.0 Å². The van der Waals surface area contributed by atoms with Crippen LogP contribution < -0.4 is 5.32 Å². The fourth-order valence-corrected chi connectivity index (χ4v) is 5.76. The highest BCUT2D eigenvalue weighted by molar-refractivity contribution is 7.89. The molecule has 2 N–H and O–H groups in total. The number of amides is 1. The van der Waals surface area contributed by atoms with Crippen molar-refractivity contribution in [2.75, 3.05) is 18.4 Å². The van der Waals surface area contributed by atoms with Gasteiger partial charge in [0.2, 0.25) is 10.0 Å². The Hall–Kier alpha value is -3.49. The van der Waals surface area contributed by atoms with Gasteiger partial charge in [-0.2, -0.15) is 4.31 Å². The van der Waals surface area contributed by atoms with Crippen LogP contribution in [0.2, 0.25) is 0 Å². The first-order valence-corrected chi connectivity index (χ1v) is 11.7. The third kappa shape index (κ3) is 3.28. The van der Waals surface area contributed by atoms with Gasteiger partial charge in [-0.05, 0) is 54.3 Å². The van der Waals surface area contributed by atoms with Crippen LogP contribution in [0.25, 0.3) is 11.1 Å². The highest BCUT2D eigenvalue weighted by Crippen LogP contribution is 2.37. The molecular weight excluding hydrogens is 428 g/mol. The molecule has 1 amide bonds. The summed E-state index contributed by atoms with van der Waals surface area (Å²) in [5.41, 5.74) is 2.86. The van der Waals surface area contributed by atoms with Crippen LogP contribution in [0, 0.1) is 0 Å². The van der Waals surface area contributed by atoms with Gasteiger partial charge in [-0.3, -0.25) is 9.59 Å². The Labute approximate surface area is 185 Å². The lowest BCUT2D eigenvalue weighted by Gasteiger charge is -2.17. The minimum Gasteiger partial charge on any atom is -0.506 e. The van der Waals surface area contributed by atoms with E-state index in [0.29, 0.717) is 24.2 Å². The molecule has 1 aliphatic carbocycles. The summed E-state index contributed by atoms with van der Waals surface area (Å²) < 4.78 is 27.0. The molecule has 2 aliphatic rings. The van der Waals surface area contributed by atoms with Gasteiger partial charge in [0.15, 0.2) is 5.78 Å². The number of phenols is 1. The zero-order valence-corrected chi connectivity index (χ0v) is 17.9. The van der Waals surface area contributed by atoms with Gasteiger partial charge in [0.1, 0.15) is 5.75 Å². The maximum atomic E-state index is 12.9. The maximum Gasteiger partial charge on any atom is 0.255 e. The SMILES string of the molecule is O=C(Nc1cc(S(=O)(=O)N2CCCC2)ccc1O)c1ccc2c(c1)C(=O)c1ccccc1-2.